The van der Waals surface area contributed by atoms with Gasteiger partial charge in [0.25, 0.3) is 0 Å². The first-order valence-electron chi connectivity index (χ1n) is 3.92. The zero-order chi connectivity index (χ0) is 9.26. The lowest BCUT2D eigenvalue weighted by molar-refractivity contribution is 0.278. The summed E-state index contributed by atoms with van der Waals surface area (Å²) in [4.78, 5) is 13.6. The van der Waals surface area contributed by atoms with Crippen LogP contribution < -0.4 is 0 Å². The predicted octanol–water partition coefficient (Wildman–Crippen LogP) is -0.891. The first-order valence-corrected chi connectivity index (χ1v) is 3.92. The summed E-state index contributed by atoms with van der Waals surface area (Å²) in [5.74, 6) is 0.871. The second kappa shape index (κ2) is 3.06. The van der Waals surface area contributed by atoms with E-state index in [1.807, 2.05) is 0 Å². The molecule has 13 heavy (non-hydrogen) atoms. The van der Waals surface area contributed by atoms with E-state index in [4.69, 9.17) is 10.5 Å². The Morgan fingerprint density at radius 3 is 3.23 bits per heavy atom. The van der Waals surface area contributed by atoms with Crippen LogP contribution in [-0.2, 0) is 0 Å². The third kappa shape index (κ3) is 1.25. The van der Waals surface area contributed by atoms with Crippen molar-refractivity contribution < 1.29 is 5.11 Å². The average molecular weight is 179 g/mol. The lowest BCUT2D eigenvalue weighted by Crippen LogP contribution is -2.44. The molecule has 1 unspecified atom stereocenters. The minimum atomic E-state index is -0.364. The van der Waals surface area contributed by atoms with Gasteiger partial charge in [0.15, 0.2) is 11.9 Å². The van der Waals surface area contributed by atoms with Crippen LogP contribution >= 0.6 is 0 Å². The van der Waals surface area contributed by atoms with Gasteiger partial charge in [0.2, 0.25) is 0 Å². The summed E-state index contributed by atoms with van der Waals surface area (Å²) in [5.41, 5.74) is 0. The van der Waals surface area contributed by atoms with Gasteiger partial charge in [-0.15, -0.1) is 0 Å². The molecule has 0 aliphatic carbocycles. The lowest BCUT2D eigenvalue weighted by atomic mass is 10.2. The Balaban J connectivity index is 2.24. The molecule has 2 aliphatic rings. The molecule has 6 nitrogen and oxygen atoms in total. The van der Waals surface area contributed by atoms with Crippen molar-refractivity contribution >= 4 is 24.3 Å². The Kier molecular flexibility index (Phi) is 1.90. The minimum absolute atomic E-state index is 0.0328. The van der Waals surface area contributed by atoms with Crippen LogP contribution in [0, 0.1) is 5.41 Å². The molecule has 2 N–H and O–H groups in total. The first-order chi connectivity index (χ1) is 6.33. The number of β-amino-alcohol motifs (C(OH)–C–C–N with tert-alkyl or cyclic N) is 1. The van der Waals surface area contributed by atoms with E-state index in [-0.39, 0.29) is 18.5 Å². The van der Waals surface area contributed by atoms with Gasteiger partial charge in [-0.1, -0.05) is 0 Å². The highest BCUT2D eigenvalue weighted by atomic mass is 16.3. The highest BCUT2D eigenvalue weighted by Crippen LogP contribution is 2.11. The third-order valence-electron chi connectivity index (χ3n) is 1.88. The molecule has 0 bridgehead atoms. The van der Waals surface area contributed by atoms with Crippen molar-refractivity contribution in [2.75, 3.05) is 13.2 Å². The van der Waals surface area contributed by atoms with Gasteiger partial charge in [-0.3, -0.25) is 10.4 Å². The van der Waals surface area contributed by atoms with Crippen molar-refractivity contribution in [1.82, 2.24) is 4.90 Å². The van der Waals surface area contributed by atoms with Gasteiger partial charge in [-0.2, -0.15) is 0 Å². The fourth-order valence-electron chi connectivity index (χ4n) is 1.26. The van der Waals surface area contributed by atoms with Gasteiger partial charge in [0, 0.05) is 6.54 Å². The Labute approximate surface area is 74.8 Å². The van der Waals surface area contributed by atoms with Crippen LogP contribution in [0.25, 0.3) is 0 Å². The fourth-order valence-corrected chi connectivity index (χ4v) is 1.26. The third-order valence-corrected chi connectivity index (χ3v) is 1.88. The van der Waals surface area contributed by atoms with Crippen LogP contribution in [-0.4, -0.2) is 53.5 Å². The number of amidine groups is 2. The second-order valence-corrected chi connectivity index (χ2v) is 2.70. The van der Waals surface area contributed by atoms with Gasteiger partial charge >= 0.3 is 0 Å². The molecular weight excluding hydrogens is 170 g/mol. The number of rotatable bonds is 2. The molecule has 0 saturated heterocycles. The SMILES string of the molecule is N=C1N=CN(CCO)C2=NC=NC12. The van der Waals surface area contributed by atoms with E-state index in [1.54, 1.807) is 4.90 Å². The maximum Gasteiger partial charge on any atom is 0.168 e. The molecule has 0 aromatic rings. The van der Waals surface area contributed by atoms with E-state index in [1.165, 1.54) is 12.7 Å². The molecule has 2 heterocycles. The van der Waals surface area contributed by atoms with Crippen molar-refractivity contribution in [2.45, 2.75) is 6.04 Å². The molecule has 0 saturated carbocycles. The number of fused-ring (bicyclic) bond motifs is 1. The molecular formula is C7H9N5O. The quantitative estimate of drug-likeness (QED) is 0.576. The summed E-state index contributed by atoms with van der Waals surface area (Å²) in [7, 11) is 0. The van der Waals surface area contributed by atoms with Gasteiger partial charge in [0.05, 0.1) is 12.9 Å². The summed E-state index contributed by atoms with van der Waals surface area (Å²) in [5, 5.41) is 16.2. The maximum absolute atomic E-state index is 8.75. The molecule has 6 heteroatoms. The molecule has 0 fully saturated rings. The number of aliphatic hydroxyl groups is 1. The minimum Gasteiger partial charge on any atom is -0.395 e. The monoisotopic (exact) mass is 179 g/mol. The maximum atomic E-state index is 8.75. The summed E-state index contributed by atoms with van der Waals surface area (Å²) in [6, 6.07) is -0.364. The number of hydrogen-bond donors (Lipinski definition) is 2. The van der Waals surface area contributed by atoms with E-state index in [2.05, 4.69) is 15.0 Å². The standard InChI is InChI=1S/C7H9N5O/c8-6-5-7(10-3-9-5)12(1-2-13)4-11-6/h3-5,8,13H,1-2H2. The first kappa shape index (κ1) is 8.06. The van der Waals surface area contributed by atoms with E-state index < -0.39 is 0 Å². The van der Waals surface area contributed by atoms with Gasteiger partial charge in [-0.05, 0) is 0 Å². The van der Waals surface area contributed by atoms with Crippen molar-refractivity contribution in [1.29, 1.82) is 5.41 Å². The number of nitrogens with one attached hydrogen (secondary N) is 1. The van der Waals surface area contributed by atoms with Crippen molar-refractivity contribution in [3.05, 3.63) is 0 Å². The Morgan fingerprint density at radius 1 is 1.62 bits per heavy atom. The van der Waals surface area contributed by atoms with E-state index >= 15 is 0 Å². The van der Waals surface area contributed by atoms with Crippen LogP contribution in [0.4, 0.5) is 0 Å². The molecule has 68 valence electrons. The van der Waals surface area contributed by atoms with Gasteiger partial charge in [-0.25, -0.2) is 9.98 Å². The molecule has 2 rings (SSSR count). The number of hydrogen-bond acceptors (Lipinski definition) is 5. The lowest BCUT2D eigenvalue weighted by Gasteiger charge is -2.25. The molecule has 2 aliphatic heterocycles. The molecule has 0 aromatic heterocycles. The normalized spacial score (nSPS) is 25.0. The van der Waals surface area contributed by atoms with Gasteiger partial charge in [0.1, 0.15) is 12.2 Å². The zero-order valence-electron chi connectivity index (χ0n) is 6.88. The molecule has 1 atom stereocenters. The Bertz CT molecular complexity index is 319. The van der Waals surface area contributed by atoms with Crippen molar-refractivity contribution in [3.8, 4) is 0 Å². The van der Waals surface area contributed by atoms with Crippen LogP contribution in [0.5, 0.6) is 0 Å². The van der Waals surface area contributed by atoms with Crippen LogP contribution in [0.15, 0.2) is 15.0 Å². The summed E-state index contributed by atoms with van der Waals surface area (Å²) in [6.45, 7) is 0.473. The predicted molar refractivity (Wildman–Crippen MR) is 49.7 cm³/mol. The Hall–Kier alpha value is -1.56. The average Bonchev–Trinajstić information content (AvgIpc) is 2.59. The van der Waals surface area contributed by atoms with Crippen LogP contribution in [0.1, 0.15) is 0 Å². The molecule has 0 aromatic carbocycles. The smallest absolute Gasteiger partial charge is 0.168 e. The molecule has 0 spiro atoms. The van der Waals surface area contributed by atoms with Crippen molar-refractivity contribution in [2.24, 2.45) is 15.0 Å². The van der Waals surface area contributed by atoms with Crippen molar-refractivity contribution in [3.63, 3.8) is 0 Å². The fraction of sp³-hybridized carbons (Fsp3) is 0.429. The highest BCUT2D eigenvalue weighted by molar-refractivity contribution is 6.20. The molecule has 0 radical (unpaired) electrons. The largest absolute Gasteiger partial charge is 0.395 e. The number of aliphatic imine (C=N–C) groups is 3. The zero-order valence-corrected chi connectivity index (χ0v) is 6.88. The van der Waals surface area contributed by atoms with E-state index in [0.717, 1.165) is 0 Å². The second-order valence-electron chi connectivity index (χ2n) is 2.70. The Morgan fingerprint density at radius 2 is 2.46 bits per heavy atom. The van der Waals surface area contributed by atoms with E-state index in [9.17, 15) is 0 Å². The van der Waals surface area contributed by atoms with Crippen LogP contribution in [0.2, 0.25) is 0 Å². The van der Waals surface area contributed by atoms with Crippen LogP contribution in [0.3, 0.4) is 0 Å². The summed E-state index contributed by atoms with van der Waals surface area (Å²) >= 11 is 0. The highest BCUT2D eigenvalue weighted by Gasteiger charge is 2.30. The number of nitrogens with zero attached hydrogens (tertiary/aromatic N) is 4. The number of aliphatic hydroxyl groups excluding tert-OH is 1. The van der Waals surface area contributed by atoms with E-state index in [0.29, 0.717) is 12.4 Å². The topological polar surface area (TPSA) is 84.4 Å². The molecule has 0 amide bonds. The van der Waals surface area contributed by atoms with Gasteiger partial charge < -0.3 is 10.0 Å². The summed E-state index contributed by atoms with van der Waals surface area (Å²) in [6.07, 6.45) is 2.93. The summed E-state index contributed by atoms with van der Waals surface area (Å²) < 4.78 is 0.